The highest BCUT2D eigenvalue weighted by molar-refractivity contribution is 7.89. The number of thiocarbonyl (C=S) groups is 1. The van der Waals surface area contributed by atoms with Crippen LogP contribution in [0, 0.1) is 19.7 Å². The molecule has 1 N–H and O–H groups in total. The Kier molecular flexibility index (Phi) is 6.32. The molecular weight excluding hydrogens is 397 g/mol. The van der Waals surface area contributed by atoms with Crippen LogP contribution in [0.1, 0.15) is 16.7 Å². The molecule has 1 heterocycles. The normalized spacial score (nSPS) is 15.5. The van der Waals surface area contributed by atoms with Crippen LogP contribution in [-0.4, -0.2) is 48.9 Å². The number of nitrogens with zero attached hydrogens (tertiary/aromatic N) is 2. The van der Waals surface area contributed by atoms with Crippen LogP contribution in [0.4, 0.5) is 4.39 Å². The van der Waals surface area contributed by atoms with E-state index < -0.39 is 10.0 Å². The Balaban J connectivity index is 1.56. The maximum atomic E-state index is 13.0. The second-order valence-corrected chi connectivity index (χ2v) is 9.25. The lowest BCUT2D eigenvalue weighted by atomic mass is 10.1. The summed E-state index contributed by atoms with van der Waals surface area (Å²) in [5.41, 5.74) is 2.96. The highest BCUT2D eigenvalue weighted by atomic mass is 32.2. The molecule has 150 valence electrons. The second-order valence-electron chi connectivity index (χ2n) is 6.92. The van der Waals surface area contributed by atoms with E-state index in [1.54, 1.807) is 24.3 Å². The molecule has 8 heteroatoms. The molecule has 0 amide bonds. The number of halogens is 1. The van der Waals surface area contributed by atoms with Crippen molar-refractivity contribution in [2.45, 2.75) is 25.3 Å². The minimum absolute atomic E-state index is 0.271. The minimum atomic E-state index is -3.50. The first-order chi connectivity index (χ1) is 13.3. The SMILES string of the molecule is Cc1ccc(S(=O)(=O)N2CCN(C(=S)NCc3ccc(F)cc3)CC2)cc1C. The standard InChI is InChI=1S/C20H24FN3O2S2/c1-15-3-8-19(13-16(15)2)28(25,26)24-11-9-23(10-12-24)20(27)22-14-17-4-6-18(21)7-5-17/h3-8,13H,9-12,14H2,1-2H3,(H,22,27). The second kappa shape index (κ2) is 8.55. The van der Waals surface area contributed by atoms with Crippen molar-refractivity contribution in [2.24, 2.45) is 0 Å². The average Bonchev–Trinajstić information content (AvgIpc) is 2.69. The van der Waals surface area contributed by atoms with Gasteiger partial charge in [0.2, 0.25) is 10.0 Å². The van der Waals surface area contributed by atoms with Gasteiger partial charge in [-0.25, -0.2) is 12.8 Å². The summed E-state index contributed by atoms with van der Waals surface area (Å²) in [5, 5.41) is 3.73. The van der Waals surface area contributed by atoms with E-state index in [0.717, 1.165) is 16.7 Å². The van der Waals surface area contributed by atoms with Gasteiger partial charge in [0.05, 0.1) is 4.90 Å². The average molecular weight is 422 g/mol. The molecule has 1 aliphatic rings. The highest BCUT2D eigenvalue weighted by Gasteiger charge is 2.29. The number of benzene rings is 2. The number of nitrogens with one attached hydrogen (secondary N) is 1. The molecule has 0 unspecified atom stereocenters. The first-order valence-corrected chi connectivity index (χ1v) is 11.0. The van der Waals surface area contributed by atoms with Gasteiger partial charge < -0.3 is 10.2 Å². The molecule has 28 heavy (non-hydrogen) atoms. The van der Waals surface area contributed by atoms with Gasteiger partial charge in [-0.3, -0.25) is 0 Å². The number of aryl methyl sites for hydroxylation is 2. The van der Waals surface area contributed by atoms with Crippen molar-refractivity contribution in [3.63, 3.8) is 0 Å². The Labute approximate surface area is 171 Å². The Bertz CT molecular complexity index is 954. The van der Waals surface area contributed by atoms with Crippen LogP contribution in [-0.2, 0) is 16.6 Å². The monoisotopic (exact) mass is 421 g/mol. The fraction of sp³-hybridized carbons (Fsp3) is 0.350. The molecule has 5 nitrogen and oxygen atoms in total. The summed E-state index contributed by atoms with van der Waals surface area (Å²) in [6.45, 7) is 6.20. The largest absolute Gasteiger partial charge is 0.358 e. The third-order valence-corrected chi connectivity index (χ3v) is 7.30. The lowest BCUT2D eigenvalue weighted by Crippen LogP contribution is -2.52. The molecule has 1 aliphatic heterocycles. The van der Waals surface area contributed by atoms with Crippen molar-refractivity contribution in [1.82, 2.24) is 14.5 Å². The van der Waals surface area contributed by atoms with Crippen LogP contribution in [0.25, 0.3) is 0 Å². The Hall–Kier alpha value is -2.03. The van der Waals surface area contributed by atoms with Crippen molar-refractivity contribution in [2.75, 3.05) is 26.2 Å². The zero-order chi connectivity index (χ0) is 20.3. The van der Waals surface area contributed by atoms with E-state index >= 15 is 0 Å². The lowest BCUT2D eigenvalue weighted by molar-refractivity contribution is 0.264. The van der Waals surface area contributed by atoms with Crippen LogP contribution < -0.4 is 5.32 Å². The van der Waals surface area contributed by atoms with Crippen molar-refractivity contribution >= 4 is 27.4 Å². The van der Waals surface area contributed by atoms with E-state index in [-0.39, 0.29) is 5.82 Å². The molecule has 0 aliphatic carbocycles. The van der Waals surface area contributed by atoms with Crippen molar-refractivity contribution < 1.29 is 12.8 Å². The third kappa shape index (κ3) is 4.68. The number of rotatable bonds is 4. The molecule has 0 aromatic heterocycles. The molecule has 0 bridgehead atoms. The van der Waals surface area contributed by atoms with Crippen LogP contribution >= 0.6 is 12.2 Å². The maximum absolute atomic E-state index is 13.0. The van der Waals surface area contributed by atoms with Crippen molar-refractivity contribution in [1.29, 1.82) is 0 Å². The summed E-state index contributed by atoms with van der Waals surface area (Å²) >= 11 is 5.43. The van der Waals surface area contributed by atoms with E-state index in [4.69, 9.17) is 12.2 Å². The summed E-state index contributed by atoms with van der Waals surface area (Å²) in [4.78, 5) is 2.30. The summed E-state index contributed by atoms with van der Waals surface area (Å²) in [6, 6.07) is 11.5. The molecule has 0 atom stereocenters. The molecule has 1 fully saturated rings. The van der Waals surface area contributed by atoms with Crippen molar-refractivity contribution in [3.05, 3.63) is 65.0 Å². The molecule has 2 aromatic rings. The first-order valence-electron chi connectivity index (χ1n) is 9.12. The molecule has 3 rings (SSSR count). The fourth-order valence-electron chi connectivity index (χ4n) is 3.05. The zero-order valence-electron chi connectivity index (χ0n) is 16.0. The number of piperazine rings is 1. The van der Waals surface area contributed by atoms with Gasteiger partial charge in [-0.15, -0.1) is 0 Å². The van der Waals surface area contributed by atoms with E-state index in [2.05, 4.69) is 5.32 Å². The third-order valence-electron chi connectivity index (χ3n) is 5.00. The van der Waals surface area contributed by atoms with Gasteiger partial charge in [0, 0.05) is 32.7 Å². The van der Waals surface area contributed by atoms with E-state index in [9.17, 15) is 12.8 Å². The zero-order valence-corrected chi connectivity index (χ0v) is 17.6. The van der Waals surface area contributed by atoms with E-state index in [1.807, 2.05) is 24.8 Å². The summed E-state index contributed by atoms with van der Waals surface area (Å²) in [5.74, 6) is -0.271. The molecule has 2 aromatic carbocycles. The van der Waals surface area contributed by atoms with Crippen LogP contribution in [0.15, 0.2) is 47.4 Å². The van der Waals surface area contributed by atoms with Gasteiger partial charge >= 0.3 is 0 Å². The molecule has 1 saturated heterocycles. The Morgan fingerprint density at radius 1 is 1.04 bits per heavy atom. The molecule has 0 saturated carbocycles. The highest BCUT2D eigenvalue weighted by Crippen LogP contribution is 2.20. The molecule has 0 spiro atoms. The smallest absolute Gasteiger partial charge is 0.243 e. The predicted molar refractivity (Wildman–Crippen MR) is 112 cm³/mol. The Morgan fingerprint density at radius 3 is 2.29 bits per heavy atom. The van der Waals surface area contributed by atoms with Gasteiger partial charge in [-0.1, -0.05) is 18.2 Å². The van der Waals surface area contributed by atoms with Gasteiger partial charge in [0.25, 0.3) is 0 Å². The van der Waals surface area contributed by atoms with E-state index in [1.165, 1.54) is 16.4 Å². The predicted octanol–water partition coefficient (Wildman–Crippen LogP) is 2.82. The number of hydrogen-bond acceptors (Lipinski definition) is 3. The summed E-state index contributed by atoms with van der Waals surface area (Å²) in [7, 11) is -3.50. The van der Waals surface area contributed by atoms with Gasteiger partial charge in [-0.2, -0.15) is 4.31 Å². The summed E-state index contributed by atoms with van der Waals surface area (Å²) < 4.78 is 40.3. The lowest BCUT2D eigenvalue weighted by Gasteiger charge is -2.35. The number of hydrogen-bond donors (Lipinski definition) is 1. The van der Waals surface area contributed by atoms with Gasteiger partial charge in [0.15, 0.2) is 5.11 Å². The molecule has 0 radical (unpaired) electrons. The van der Waals surface area contributed by atoms with E-state index in [0.29, 0.717) is 42.7 Å². The minimum Gasteiger partial charge on any atom is -0.358 e. The van der Waals surface area contributed by atoms with Crippen LogP contribution in [0.5, 0.6) is 0 Å². The van der Waals surface area contributed by atoms with Crippen molar-refractivity contribution in [3.8, 4) is 0 Å². The fourth-order valence-corrected chi connectivity index (χ4v) is 4.81. The van der Waals surface area contributed by atoms with Gasteiger partial charge in [-0.05, 0) is 67.0 Å². The Morgan fingerprint density at radius 2 is 1.68 bits per heavy atom. The van der Waals surface area contributed by atoms with Crippen LogP contribution in [0.2, 0.25) is 0 Å². The topological polar surface area (TPSA) is 52.7 Å². The first kappa shape index (κ1) is 20.7. The van der Waals surface area contributed by atoms with Crippen LogP contribution in [0.3, 0.4) is 0 Å². The number of sulfonamides is 1. The molecular formula is C20H24FN3O2S2. The quantitative estimate of drug-likeness (QED) is 0.770. The maximum Gasteiger partial charge on any atom is 0.243 e. The summed E-state index contributed by atoms with van der Waals surface area (Å²) in [6.07, 6.45) is 0. The van der Waals surface area contributed by atoms with Gasteiger partial charge in [0.1, 0.15) is 5.82 Å².